The molecule has 1 fully saturated rings. The Morgan fingerprint density at radius 1 is 1.06 bits per heavy atom. The first-order valence-electron chi connectivity index (χ1n) is 10.4. The topological polar surface area (TPSA) is 95.9 Å². The highest BCUT2D eigenvalue weighted by molar-refractivity contribution is 5.90. The van der Waals surface area contributed by atoms with Gasteiger partial charge in [0.15, 0.2) is 0 Å². The summed E-state index contributed by atoms with van der Waals surface area (Å²) in [7, 11) is 0. The highest BCUT2D eigenvalue weighted by atomic mass is 16.5. The molecule has 0 aromatic heterocycles. The number of likely N-dealkylation sites (tertiary alicyclic amines) is 1. The van der Waals surface area contributed by atoms with Gasteiger partial charge in [-0.25, -0.2) is 4.79 Å². The number of ether oxygens (including phenoxy) is 1. The average molecular weight is 422 g/mol. The van der Waals surface area contributed by atoms with Gasteiger partial charge in [0.2, 0.25) is 5.91 Å². The van der Waals surface area contributed by atoms with Gasteiger partial charge in [-0.15, -0.1) is 0 Å². The summed E-state index contributed by atoms with van der Waals surface area (Å²) < 4.78 is 5.46. The van der Waals surface area contributed by atoms with Gasteiger partial charge in [0.25, 0.3) is 0 Å². The van der Waals surface area contributed by atoms with E-state index in [9.17, 15) is 19.5 Å². The summed E-state index contributed by atoms with van der Waals surface area (Å²) in [6.45, 7) is 5.23. The number of carboxylic acid groups (broad SMARTS) is 1. The quantitative estimate of drug-likeness (QED) is 0.745. The van der Waals surface area contributed by atoms with Crippen molar-refractivity contribution in [2.75, 3.05) is 19.7 Å². The number of aliphatic carboxylic acids is 1. The molecule has 2 aromatic rings. The number of nitrogens with zero attached hydrogens (tertiary/aromatic N) is 1. The van der Waals surface area contributed by atoms with Gasteiger partial charge in [-0.1, -0.05) is 62.4 Å². The first-order chi connectivity index (χ1) is 14.7. The molecule has 1 aliphatic heterocycles. The average Bonchev–Trinajstić information content (AvgIpc) is 3.03. The van der Waals surface area contributed by atoms with Crippen molar-refractivity contribution in [3.05, 3.63) is 59.7 Å². The highest BCUT2D eigenvalue weighted by Gasteiger charge is 2.40. The molecule has 0 spiro atoms. The van der Waals surface area contributed by atoms with E-state index >= 15 is 0 Å². The zero-order valence-electron chi connectivity index (χ0n) is 17.6. The number of alkyl carbamates (subject to hydrolysis) is 1. The molecule has 1 saturated heterocycles. The van der Waals surface area contributed by atoms with E-state index in [2.05, 4.69) is 5.32 Å². The van der Waals surface area contributed by atoms with Crippen molar-refractivity contribution in [2.24, 2.45) is 5.41 Å². The normalized spacial score (nSPS) is 17.2. The van der Waals surface area contributed by atoms with Crippen LogP contribution in [0.3, 0.4) is 0 Å². The Labute approximate surface area is 181 Å². The molecule has 0 bridgehead atoms. The van der Waals surface area contributed by atoms with Gasteiger partial charge in [-0.2, -0.15) is 0 Å². The van der Waals surface area contributed by atoms with Crippen molar-refractivity contribution in [3.63, 3.8) is 0 Å². The molecule has 162 valence electrons. The molecule has 2 N–H and O–H groups in total. The van der Waals surface area contributed by atoms with Crippen molar-refractivity contribution >= 4 is 18.0 Å². The van der Waals surface area contributed by atoms with Crippen molar-refractivity contribution in [1.29, 1.82) is 0 Å². The SMILES string of the molecule is CC1(C)CN(C(=O)C(CC(=O)O)NC(=O)OCC2c3ccccc3-c3ccccc32)C1. The third-order valence-electron chi connectivity index (χ3n) is 5.86. The van der Waals surface area contributed by atoms with Crippen LogP contribution in [-0.4, -0.2) is 53.7 Å². The number of carboxylic acids is 1. The van der Waals surface area contributed by atoms with Gasteiger partial charge in [0.05, 0.1) is 6.42 Å². The molecular weight excluding hydrogens is 396 g/mol. The molecule has 7 heteroatoms. The summed E-state index contributed by atoms with van der Waals surface area (Å²) in [5, 5.41) is 11.6. The van der Waals surface area contributed by atoms with Gasteiger partial charge >= 0.3 is 12.1 Å². The van der Waals surface area contributed by atoms with E-state index in [0.717, 1.165) is 22.3 Å². The molecule has 2 aliphatic rings. The molecule has 31 heavy (non-hydrogen) atoms. The molecule has 7 nitrogen and oxygen atoms in total. The largest absolute Gasteiger partial charge is 0.481 e. The van der Waals surface area contributed by atoms with Crippen LogP contribution in [0, 0.1) is 5.41 Å². The molecule has 0 saturated carbocycles. The van der Waals surface area contributed by atoms with E-state index in [1.165, 1.54) is 0 Å². The van der Waals surface area contributed by atoms with E-state index in [4.69, 9.17) is 4.74 Å². The van der Waals surface area contributed by atoms with Crippen LogP contribution in [0.5, 0.6) is 0 Å². The van der Waals surface area contributed by atoms with Crippen LogP contribution in [0.1, 0.15) is 37.3 Å². The van der Waals surface area contributed by atoms with Crippen molar-refractivity contribution in [2.45, 2.75) is 32.2 Å². The second kappa shape index (κ2) is 8.06. The summed E-state index contributed by atoms with van der Waals surface area (Å²) in [6.07, 6.45) is -1.28. The summed E-state index contributed by atoms with van der Waals surface area (Å²) >= 11 is 0. The number of rotatable bonds is 6. The molecule has 2 amide bonds. The molecule has 4 rings (SSSR count). The number of carbonyl (C=O) groups excluding carboxylic acids is 2. The minimum Gasteiger partial charge on any atom is -0.481 e. The first kappa shape index (κ1) is 20.9. The lowest BCUT2D eigenvalue weighted by atomic mass is 9.84. The monoisotopic (exact) mass is 422 g/mol. The Kier molecular flexibility index (Phi) is 5.43. The van der Waals surface area contributed by atoms with E-state index in [1.54, 1.807) is 4.90 Å². The van der Waals surface area contributed by atoms with E-state index in [0.29, 0.717) is 13.1 Å². The van der Waals surface area contributed by atoms with E-state index < -0.39 is 30.4 Å². The Bertz CT molecular complexity index is 979. The number of benzene rings is 2. The second-order valence-corrected chi connectivity index (χ2v) is 8.98. The fourth-order valence-corrected chi connectivity index (χ4v) is 4.52. The standard InChI is InChI=1S/C24H26N2O5/c1-24(2)13-26(14-24)22(29)20(11-21(27)28)25-23(30)31-12-19-17-9-5-3-7-15(17)16-8-4-6-10-18(16)19/h3-10,19-20H,11-14H2,1-2H3,(H,25,30)(H,27,28). The Morgan fingerprint density at radius 2 is 1.61 bits per heavy atom. The van der Waals surface area contributed by atoms with Crippen LogP contribution >= 0.6 is 0 Å². The number of fused-ring (bicyclic) bond motifs is 3. The first-order valence-corrected chi connectivity index (χ1v) is 10.4. The van der Waals surface area contributed by atoms with Gasteiger partial charge < -0.3 is 20.1 Å². The summed E-state index contributed by atoms with van der Waals surface area (Å²) in [6, 6.07) is 14.8. The molecule has 1 atom stereocenters. The maximum absolute atomic E-state index is 12.7. The molecule has 2 aromatic carbocycles. The van der Waals surface area contributed by atoms with Gasteiger partial charge in [0, 0.05) is 19.0 Å². The predicted octanol–water partition coefficient (Wildman–Crippen LogP) is 3.24. The second-order valence-electron chi connectivity index (χ2n) is 8.98. The fraction of sp³-hybridized carbons (Fsp3) is 0.375. The predicted molar refractivity (Wildman–Crippen MR) is 115 cm³/mol. The molecule has 0 radical (unpaired) electrons. The Hall–Kier alpha value is -3.35. The number of hydrogen-bond donors (Lipinski definition) is 2. The fourth-order valence-electron chi connectivity index (χ4n) is 4.52. The zero-order chi connectivity index (χ0) is 22.2. The third kappa shape index (κ3) is 4.26. The zero-order valence-corrected chi connectivity index (χ0v) is 17.6. The van der Waals surface area contributed by atoms with Crippen LogP contribution in [-0.2, 0) is 14.3 Å². The molecular formula is C24H26N2O5. The molecule has 1 unspecified atom stereocenters. The summed E-state index contributed by atoms with van der Waals surface area (Å²) in [4.78, 5) is 37.9. The maximum Gasteiger partial charge on any atom is 0.407 e. The Balaban J connectivity index is 1.42. The Morgan fingerprint density at radius 3 is 2.13 bits per heavy atom. The number of nitrogens with one attached hydrogen (secondary N) is 1. The van der Waals surface area contributed by atoms with Crippen molar-refractivity contribution < 1.29 is 24.2 Å². The lowest BCUT2D eigenvalue weighted by molar-refractivity contribution is -0.148. The van der Waals surface area contributed by atoms with Crippen LogP contribution in [0.25, 0.3) is 11.1 Å². The number of amides is 2. The van der Waals surface area contributed by atoms with Crippen LogP contribution < -0.4 is 5.32 Å². The van der Waals surface area contributed by atoms with E-state index in [1.807, 2.05) is 62.4 Å². The third-order valence-corrected chi connectivity index (χ3v) is 5.86. The van der Waals surface area contributed by atoms with Crippen molar-refractivity contribution in [1.82, 2.24) is 10.2 Å². The highest BCUT2D eigenvalue weighted by Crippen LogP contribution is 2.44. The van der Waals surface area contributed by atoms with E-state index in [-0.39, 0.29) is 17.9 Å². The van der Waals surface area contributed by atoms with Gasteiger partial charge in [-0.3, -0.25) is 9.59 Å². The molecule has 1 heterocycles. The lowest BCUT2D eigenvalue weighted by Crippen LogP contribution is -2.60. The smallest absolute Gasteiger partial charge is 0.407 e. The maximum atomic E-state index is 12.7. The number of carbonyl (C=O) groups is 3. The summed E-state index contributed by atoms with van der Waals surface area (Å²) in [5.41, 5.74) is 4.40. The van der Waals surface area contributed by atoms with Gasteiger partial charge in [-0.05, 0) is 27.7 Å². The van der Waals surface area contributed by atoms with Crippen LogP contribution in [0.15, 0.2) is 48.5 Å². The molecule has 1 aliphatic carbocycles. The minimum atomic E-state index is -1.16. The lowest BCUT2D eigenvalue weighted by Gasteiger charge is -2.46. The minimum absolute atomic E-state index is 0.00714. The van der Waals surface area contributed by atoms with Crippen LogP contribution in [0.2, 0.25) is 0 Å². The summed E-state index contributed by atoms with van der Waals surface area (Å²) in [5.74, 6) is -1.66. The van der Waals surface area contributed by atoms with Crippen LogP contribution in [0.4, 0.5) is 4.79 Å². The number of hydrogen-bond acceptors (Lipinski definition) is 4. The van der Waals surface area contributed by atoms with Gasteiger partial charge in [0.1, 0.15) is 12.6 Å². The van der Waals surface area contributed by atoms with Crippen molar-refractivity contribution in [3.8, 4) is 11.1 Å².